The van der Waals surface area contributed by atoms with Crippen molar-refractivity contribution in [1.82, 2.24) is 4.98 Å². The topological polar surface area (TPSA) is 68.7 Å². The summed E-state index contributed by atoms with van der Waals surface area (Å²) >= 11 is 8.23. The molecule has 1 aliphatic heterocycles. The van der Waals surface area contributed by atoms with Crippen LogP contribution in [0, 0.1) is 6.92 Å². The fraction of sp³-hybridized carbons (Fsp3) is 0.294. The van der Waals surface area contributed by atoms with Gasteiger partial charge in [-0.1, -0.05) is 53.2 Å². The monoisotopic (exact) mass is 459 g/mol. The number of pyridine rings is 1. The van der Waals surface area contributed by atoms with Crippen molar-refractivity contribution >= 4 is 40.3 Å². The van der Waals surface area contributed by atoms with Crippen LogP contribution in [0.4, 0.5) is 4.79 Å². The zero-order chi connectivity index (χ0) is 17.4. The highest BCUT2D eigenvalue weighted by molar-refractivity contribution is 14.1. The smallest absolute Gasteiger partial charge is 0.449 e. The Hall–Kier alpha value is -1.38. The SMILES string of the molecule is Cc1ncc2c(c1OC(=O)O)C(C(C)I)OC2c1ccc(Cl)cc1. The lowest BCUT2D eigenvalue weighted by Gasteiger charge is -2.18. The predicted molar refractivity (Wildman–Crippen MR) is 98.2 cm³/mol. The lowest BCUT2D eigenvalue weighted by atomic mass is 9.97. The van der Waals surface area contributed by atoms with Gasteiger partial charge in [0.15, 0.2) is 5.75 Å². The van der Waals surface area contributed by atoms with Crippen LogP contribution in [0.3, 0.4) is 0 Å². The third-order valence-corrected chi connectivity index (χ3v) is 4.82. The number of rotatable bonds is 3. The van der Waals surface area contributed by atoms with Crippen LogP contribution in [0.25, 0.3) is 0 Å². The molecule has 0 fully saturated rings. The van der Waals surface area contributed by atoms with Crippen molar-refractivity contribution in [2.24, 2.45) is 0 Å². The Morgan fingerprint density at radius 2 is 2.08 bits per heavy atom. The van der Waals surface area contributed by atoms with E-state index in [1.54, 1.807) is 25.3 Å². The van der Waals surface area contributed by atoms with E-state index >= 15 is 0 Å². The number of carbonyl (C=O) groups is 1. The average Bonchev–Trinajstić information content (AvgIpc) is 2.90. The van der Waals surface area contributed by atoms with Gasteiger partial charge in [0, 0.05) is 26.3 Å². The normalized spacial score (nSPS) is 20.5. The number of hydrogen-bond donors (Lipinski definition) is 1. The Balaban J connectivity index is 2.14. The third-order valence-electron chi connectivity index (χ3n) is 3.91. The fourth-order valence-corrected chi connectivity index (χ4v) is 3.52. The standard InChI is InChI=1S/C17H15ClINO4/c1-8(19)14-13-12(7-20-9(2)15(13)24-17(21)22)16(23-14)10-3-5-11(18)6-4-10/h3-8,14,16H,1-2H3,(H,21,22). The molecule has 3 atom stereocenters. The molecule has 1 aliphatic rings. The molecule has 1 aromatic heterocycles. The highest BCUT2D eigenvalue weighted by Gasteiger charge is 2.39. The number of aryl methyl sites for hydroxylation is 1. The van der Waals surface area contributed by atoms with Crippen molar-refractivity contribution in [3.63, 3.8) is 0 Å². The number of halogens is 2. The van der Waals surface area contributed by atoms with Crippen LogP contribution in [0.5, 0.6) is 5.75 Å². The number of fused-ring (bicyclic) bond motifs is 1. The van der Waals surface area contributed by atoms with E-state index in [2.05, 4.69) is 27.6 Å². The molecule has 2 aromatic rings. The van der Waals surface area contributed by atoms with Crippen LogP contribution in [0.2, 0.25) is 5.02 Å². The summed E-state index contributed by atoms with van der Waals surface area (Å²) in [6, 6.07) is 7.40. The molecule has 3 unspecified atom stereocenters. The van der Waals surface area contributed by atoms with Crippen LogP contribution in [-0.2, 0) is 4.74 Å². The molecular weight excluding hydrogens is 445 g/mol. The molecule has 0 amide bonds. The van der Waals surface area contributed by atoms with Crippen molar-refractivity contribution in [1.29, 1.82) is 0 Å². The van der Waals surface area contributed by atoms with Gasteiger partial charge in [-0.3, -0.25) is 4.98 Å². The second-order valence-electron chi connectivity index (χ2n) is 5.58. The number of hydrogen-bond acceptors (Lipinski definition) is 4. The molecule has 0 saturated carbocycles. The number of ether oxygens (including phenoxy) is 2. The minimum absolute atomic E-state index is 0.122. The Kier molecular flexibility index (Phi) is 4.98. The van der Waals surface area contributed by atoms with Crippen molar-refractivity contribution in [2.75, 3.05) is 0 Å². The highest BCUT2D eigenvalue weighted by atomic mass is 127. The first-order chi connectivity index (χ1) is 11.4. The first-order valence-corrected chi connectivity index (χ1v) is 8.96. The van der Waals surface area contributed by atoms with E-state index in [4.69, 9.17) is 26.2 Å². The van der Waals surface area contributed by atoms with Crippen LogP contribution >= 0.6 is 34.2 Å². The summed E-state index contributed by atoms with van der Waals surface area (Å²) in [6.07, 6.45) is -0.235. The van der Waals surface area contributed by atoms with Crippen LogP contribution < -0.4 is 4.74 Å². The van der Waals surface area contributed by atoms with Crippen molar-refractivity contribution in [3.05, 3.63) is 57.9 Å². The minimum atomic E-state index is -1.36. The fourth-order valence-electron chi connectivity index (χ4n) is 2.86. The number of alkyl halides is 1. The maximum atomic E-state index is 11.1. The molecule has 126 valence electrons. The summed E-state index contributed by atoms with van der Waals surface area (Å²) < 4.78 is 11.4. The molecule has 5 nitrogen and oxygen atoms in total. The van der Waals surface area contributed by atoms with Gasteiger partial charge >= 0.3 is 6.16 Å². The Bertz CT molecular complexity index is 779. The molecule has 1 aromatic carbocycles. The van der Waals surface area contributed by atoms with E-state index in [-0.39, 0.29) is 21.9 Å². The molecule has 3 rings (SSSR count). The Morgan fingerprint density at radius 1 is 1.42 bits per heavy atom. The lowest BCUT2D eigenvalue weighted by molar-refractivity contribution is 0.0366. The van der Waals surface area contributed by atoms with Crippen molar-refractivity contribution in [2.45, 2.75) is 30.0 Å². The quantitative estimate of drug-likeness (QED) is 0.394. The number of carboxylic acid groups (broad SMARTS) is 1. The van der Waals surface area contributed by atoms with Gasteiger partial charge in [0.1, 0.15) is 6.10 Å². The van der Waals surface area contributed by atoms with Crippen LogP contribution in [-0.4, -0.2) is 20.2 Å². The summed E-state index contributed by atoms with van der Waals surface area (Å²) in [5.74, 6) is 0.268. The summed E-state index contributed by atoms with van der Waals surface area (Å²) in [6.45, 7) is 3.74. The lowest BCUT2D eigenvalue weighted by Crippen LogP contribution is -2.13. The van der Waals surface area contributed by atoms with Crippen molar-refractivity contribution < 1.29 is 19.4 Å². The average molecular weight is 460 g/mol. The predicted octanol–water partition coefficient (Wildman–Crippen LogP) is 5.08. The van der Waals surface area contributed by atoms with E-state index in [0.717, 1.165) is 16.7 Å². The van der Waals surface area contributed by atoms with Gasteiger partial charge in [0.25, 0.3) is 0 Å². The number of benzene rings is 1. The maximum Gasteiger partial charge on any atom is 0.511 e. The second-order valence-corrected chi connectivity index (χ2v) is 7.98. The summed E-state index contributed by atoms with van der Waals surface area (Å²) in [4.78, 5) is 15.4. The Labute approximate surface area is 158 Å². The molecule has 7 heteroatoms. The highest BCUT2D eigenvalue weighted by Crippen LogP contribution is 2.50. The van der Waals surface area contributed by atoms with E-state index in [9.17, 15) is 4.79 Å². The van der Waals surface area contributed by atoms with Gasteiger partial charge in [0.2, 0.25) is 0 Å². The van der Waals surface area contributed by atoms with Crippen LogP contribution in [0.1, 0.15) is 41.5 Å². The van der Waals surface area contributed by atoms with Gasteiger partial charge in [0.05, 0.1) is 11.8 Å². The first kappa shape index (κ1) is 17.4. The van der Waals surface area contributed by atoms with Gasteiger partial charge in [-0.25, -0.2) is 4.79 Å². The van der Waals surface area contributed by atoms with Crippen molar-refractivity contribution in [3.8, 4) is 5.75 Å². The van der Waals surface area contributed by atoms with Gasteiger partial charge in [-0.05, 0) is 24.6 Å². The first-order valence-electron chi connectivity index (χ1n) is 7.33. The Morgan fingerprint density at radius 3 is 2.67 bits per heavy atom. The molecule has 24 heavy (non-hydrogen) atoms. The van der Waals surface area contributed by atoms with Gasteiger partial charge < -0.3 is 14.6 Å². The number of aromatic nitrogens is 1. The van der Waals surface area contributed by atoms with E-state index in [0.29, 0.717) is 10.7 Å². The molecule has 0 saturated heterocycles. The zero-order valence-electron chi connectivity index (χ0n) is 13.0. The summed E-state index contributed by atoms with van der Waals surface area (Å²) in [5, 5.41) is 9.70. The molecular formula is C17H15ClINO4. The number of nitrogens with zero attached hydrogens (tertiary/aromatic N) is 1. The maximum absolute atomic E-state index is 11.1. The molecule has 0 bridgehead atoms. The molecule has 0 aliphatic carbocycles. The van der Waals surface area contributed by atoms with Gasteiger partial charge in [-0.2, -0.15) is 0 Å². The zero-order valence-corrected chi connectivity index (χ0v) is 15.9. The minimum Gasteiger partial charge on any atom is -0.449 e. The molecule has 0 radical (unpaired) electrons. The van der Waals surface area contributed by atoms with E-state index in [1.807, 2.05) is 19.1 Å². The van der Waals surface area contributed by atoms with Crippen LogP contribution in [0.15, 0.2) is 30.5 Å². The summed E-state index contributed by atoms with van der Waals surface area (Å²) in [5.41, 5.74) is 3.05. The largest absolute Gasteiger partial charge is 0.511 e. The second kappa shape index (κ2) is 6.85. The van der Waals surface area contributed by atoms with E-state index in [1.165, 1.54) is 0 Å². The molecule has 1 N–H and O–H groups in total. The third kappa shape index (κ3) is 3.22. The molecule has 0 spiro atoms. The molecule has 2 heterocycles. The van der Waals surface area contributed by atoms with E-state index < -0.39 is 6.16 Å². The summed E-state index contributed by atoms with van der Waals surface area (Å²) in [7, 11) is 0. The van der Waals surface area contributed by atoms with Gasteiger partial charge in [-0.15, -0.1) is 0 Å².